The molecule has 2 atom stereocenters. The van der Waals surface area contributed by atoms with E-state index in [9.17, 15) is 14.0 Å². The number of nitrogens with zero attached hydrogens (tertiary/aromatic N) is 2. The van der Waals surface area contributed by atoms with Gasteiger partial charge in [-0.15, -0.1) is 0 Å². The van der Waals surface area contributed by atoms with Crippen LogP contribution < -0.4 is 5.32 Å². The number of piperidine rings is 1. The zero-order valence-corrected chi connectivity index (χ0v) is 17.0. The maximum atomic E-state index is 13.1. The van der Waals surface area contributed by atoms with E-state index in [1.54, 1.807) is 24.1 Å². The maximum Gasteiger partial charge on any atom is 0.236 e. The minimum Gasteiger partial charge on any atom is -0.338 e. The zero-order valence-electron chi connectivity index (χ0n) is 17.0. The molecule has 2 aromatic carbocycles. The van der Waals surface area contributed by atoms with Crippen molar-refractivity contribution in [3.8, 4) is 0 Å². The lowest BCUT2D eigenvalue weighted by Crippen LogP contribution is -2.46. The number of carbonyl (C=O) groups excluding carboxylic acids is 2. The first kappa shape index (κ1) is 21.0. The third kappa shape index (κ3) is 5.64. The lowest BCUT2D eigenvalue weighted by Gasteiger charge is -2.33. The molecule has 0 aromatic heterocycles. The van der Waals surface area contributed by atoms with Gasteiger partial charge in [-0.3, -0.25) is 14.5 Å². The van der Waals surface area contributed by atoms with Gasteiger partial charge >= 0.3 is 0 Å². The Balaban J connectivity index is 1.54. The molecule has 1 heterocycles. The number of amides is 2. The van der Waals surface area contributed by atoms with Gasteiger partial charge in [0.1, 0.15) is 5.82 Å². The molecule has 0 spiro atoms. The lowest BCUT2D eigenvalue weighted by atomic mass is 9.97. The summed E-state index contributed by atoms with van der Waals surface area (Å²) in [6.45, 7) is 3.58. The van der Waals surface area contributed by atoms with E-state index in [1.165, 1.54) is 12.1 Å². The number of nitrogens with one attached hydrogen (secondary N) is 1. The largest absolute Gasteiger partial charge is 0.338 e. The highest BCUT2D eigenvalue weighted by Crippen LogP contribution is 2.22. The van der Waals surface area contributed by atoms with Gasteiger partial charge in [-0.25, -0.2) is 4.39 Å². The summed E-state index contributed by atoms with van der Waals surface area (Å²) >= 11 is 0. The van der Waals surface area contributed by atoms with E-state index in [4.69, 9.17) is 0 Å². The van der Waals surface area contributed by atoms with Crippen LogP contribution in [-0.4, -0.2) is 48.3 Å². The Morgan fingerprint density at radius 3 is 2.55 bits per heavy atom. The summed E-state index contributed by atoms with van der Waals surface area (Å²) in [4.78, 5) is 29.1. The maximum absolute atomic E-state index is 13.1. The molecule has 2 amide bonds. The Labute approximate surface area is 171 Å². The molecular weight excluding hydrogens is 369 g/mol. The average molecular weight is 397 g/mol. The molecular formula is C23H28FN3O2. The number of likely N-dealkylation sites (N-methyl/N-ethyl adjacent to an activating group) is 1. The Bertz CT molecular complexity index is 826. The van der Waals surface area contributed by atoms with Crippen LogP contribution in [0.25, 0.3) is 0 Å². The number of anilines is 1. The topological polar surface area (TPSA) is 52.7 Å². The molecule has 0 bridgehead atoms. The third-order valence-corrected chi connectivity index (χ3v) is 5.60. The average Bonchev–Trinajstić information content (AvgIpc) is 2.74. The highest BCUT2D eigenvalue weighted by molar-refractivity contribution is 5.92. The van der Waals surface area contributed by atoms with Gasteiger partial charge in [-0.2, -0.15) is 0 Å². The molecule has 154 valence electrons. The van der Waals surface area contributed by atoms with Crippen molar-refractivity contribution >= 4 is 17.5 Å². The van der Waals surface area contributed by atoms with Crippen molar-refractivity contribution in [3.05, 3.63) is 66.0 Å². The van der Waals surface area contributed by atoms with Crippen LogP contribution in [0.3, 0.4) is 0 Å². The predicted octanol–water partition coefficient (Wildman–Crippen LogP) is 3.70. The van der Waals surface area contributed by atoms with Crippen molar-refractivity contribution in [2.24, 2.45) is 5.92 Å². The Kier molecular flexibility index (Phi) is 6.99. The zero-order chi connectivity index (χ0) is 20.8. The van der Waals surface area contributed by atoms with Gasteiger partial charge in [0.05, 0.1) is 18.5 Å². The molecule has 1 aliphatic heterocycles. The Morgan fingerprint density at radius 1 is 1.17 bits per heavy atom. The molecule has 2 aromatic rings. The van der Waals surface area contributed by atoms with Crippen molar-refractivity contribution in [2.45, 2.75) is 25.8 Å². The van der Waals surface area contributed by atoms with E-state index in [-0.39, 0.29) is 36.1 Å². The minimum absolute atomic E-state index is 0.00128. The van der Waals surface area contributed by atoms with Gasteiger partial charge in [-0.1, -0.05) is 30.3 Å². The fourth-order valence-corrected chi connectivity index (χ4v) is 3.66. The van der Waals surface area contributed by atoms with Crippen LogP contribution in [0.5, 0.6) is 0 Å². The third-order valence-electron chi connectivity index (χ3n) is 5.60. The highest BCUT2D eigenvalue weighted by atomic mass is 19.1. The van der Waals surface area contributed by atoms with E-state index in [2.05, 4.69) is 10.2 Å². The normalized spacial score (nSPS) is 18.1. The first-order valence-electron chi connectivity index (χ1n) is 10.0. The van der Waals surface area contributed by atoms with E-state index in [0.29, 0.717) is 6.54 Å². The van der Waals surface area contributed by atoms with E-state index in [1.807, 2.05) is 37.3 Å². The fourth-order valence-electron chi connectivity index (χ4n) is 3.66. The molecule has 0 aliphatic carbocycles. The van der Waals surface area contributed by atoms with Crippen LogP contribution in [-0.2, 0) is 9.59 Å². The molecule has 0 unspecified atom stereocenters. The Morgan fingerprint density at radius 2 is 1.86 bits per heavy atom. The molecule has 0 radical (unpaired) electrons. The molecule has 1 N–H and O–H groups in total. The number of halogens is 1. The van der Waals surface area contributed by atoms with E-state index in [0.717, 1.165) is 30.6 Å². The van der Waals surface area contributed by atoms with Crippen molar-refractivity contribution in [2.75, 3.05) is 32.0 Å². The molecule has 1 saturated heterocycles. The van der Waals surface area contributed by atoms with Gasteiger partial charge in [0.15, 0.2) is 0 Å². The van der Waals surface area contributed by atoms with Gasteiger partial charge in [-0.05, 0) is 56.1 Å². The number of hydrogen-bond donors (Lipinski definition) is 1. The molecule has 5 nitrogen and oxygen atoms in total. The van der Waals surface area contributed by atoms with Crippen LogP contribution in [0.15, 0.2) is 54.6 Å². The second kappa shape index (κ2) is 9.65. The van der Waals surface area contributed by atoms with Crippen LogP contribution in [0, 0.1) is 11.7 Å². The molecule has 6 heteroatoms. The molecule has 29 heavy (non-hydrogen) atoms. The van der Waals surface area contributed by atoms with Crippen molar-refractivity contribution in [1.82, 2.24) is 9.80 Å². The summed E-state index contributed by atoms with van der Waals surface area (Å²) < 4.78 is 13.1. The predicted molar refractivity (Wildman–Crippen MR) is 112 cm³/mol. The standard InChI is InChI=1S/C23H28FN3O2/c1-17(18-10-12-20(24)13-11-18)26(2)22(28)16-27-14-6-7-19(15-27)23(29)25-21-8-4-3-5-9-21/h3-5,8-13,17,19H,6-7,14-16H2,1-2H3,(H,25,29)/t17-,19-/m0/s1. The number of likely N-dealkylation sites (tertiary alicyclic amines) is 1. The minimum atomic E-state index is -0.289. The van der Waals surface area contributed by atoms with Crippen LogP contribution >= 0.6 is 0 Å². The number of rotatable bonds is 6. The van der Waals surface area contributed by atoms with E-state index < -0.39 is 0 Å². The second-order valence-corrected chi connectivity index (χ2v) is 7.66. The van der Waals surface area contributed by atoms with E-state index >= 15 is 0 Å². The number of hydrogen-bond acceptors (Lipinski definition) is 3. The SMILES string of the molecule is C[C@@H](c1ccc(F)cc1)N(C)C(=O)CN1CCC[C@H](C(=O)Nc2ccccc2)C1. The molecule has 1 aliphatic rings. The van der Waals surface area contributed by atoms with Crippen molar-refractivity contribution in [3.63, 3.8) is 0 Å². The van der Waals surface area contributed by atoms with Crippen LogP contribution in [0.2, 0.25) is 0 Å². The quantitative estimate of drug-likeness (QED) is 0.809. The van der Waals surface area contributed by atoms with Gasteiger partial charge in [0.25, 0.3) is 0 Å². The summed E-state index contributed by atoms with van der Waals surface area (Å²) in [5.41, 5.74) is 1.68. The first-order chi connectivity index (χ1) is 13.9. The first-order valence-corrected chi connectivity index (χ1v) is 10.0. The molecule has 3 rings (SSSR count). The summed E-state index contributed by atoms with van der Waals surface area (Å²) in [6.07, 6.45) is 1.71. The van der Waals surface area contributed by atoms with Crippen molar-refractivity contribution in [1.29, 1.82) is 0 Å². The molecule has 1 fully saturated rings. The summed E-state index contributed by atoms with van der Waals surface area (Å²) in [7, 11) is 1.76. The second-order valence-electron chi connectivity index (χ2n) is 7.66. The van der Waals surface area contributed by atoms with Crippen LogP contribution in [0.1, 0.15) is 31.4 Å². The number of benzene rings is 2. The summed E-state index contributed by atoms with van der Waals surface area (Å²) in [5.74, 6) is -0.424. The summed E-state index contributed by atoms with van der Waals surface area (Å²) in [5, 5.41) is 2.96. The van der Waals surface area contributed by atoms with Gasteiger partial charge in [0, 0.05) is 19.3 Å². The van der Waals surface area contributed by atoms with Gasteiger partial charge < -0.3 is 10.2 Å². The highest BCUT2D eigenvalue weighted by Gasteiger charge is 2.28. The fraction of sp³-hybridized carbons (Fsp3) is 0.391. The summed E-state index contributed by atoms with van der Waals surface area (Å²) in [6, 6.07) is 15.5. The lowest BCUT2D eigenvalue weighted by molar-refractivity contribution is -0.134. The number of para-hydroxylation sites is 1. The molecule has 0 saturated carbocycles. The smallest absolute Gasteiger partial charge is 0.236 e. The van der Waals surface area contributed by atoms with Crippen LogP contribution in [0.4, 0.5) is 10.1 Å². The van der Waals surface area contributed by atoms with Crippen molar-refractivity contribution < 1.29 is 14.0 Å². The van der Waals surface area contributed by atoms with Gasteiger partial charge in [0.2, 0.25) is 11.8 Å². The number of carbonyl (C=O) groups is 2. The Hall–Kier alpha value is -2.73. The monoisotopic (exact) mass is 397 g/mol.